The van der Waals surface area contributed by atoms with Crippen molar-refractivity contribution in [2.24, 2.45) is 0 Å². The van der Waals surface area contributed by atoms with Gasteiger partial charge in [-0.05, 0) is 29.2 Å². The second kappa shape index (κ2) is 6.24. The summed E-state index contributed by atoms with van der Waals surface area (Å²) >= 11 is 6.28. The first-order chi connectivity index (χ1) is 10.2. The molecule has 4 heteroatoms. The number of carbonyl (C=O) groups excluding carboxylic acids is 1. The lowest BCUT2D eigenvalue weighted by Gasteiger charge is -2.02. The highest BCUT2D eigenvalue weighted by Gasteiger charge is 2.21. The van der Waals surface area contributed by atoms with E-state index in [0.29, 0.717) is 9.23 Å². The van der Waals surface area contributed by atoms with Crippen LogP contribution in [0.1, 0.15) is 16.7 Å². The summed E-state index contributed by atoms with van der Waals surface area (Å²) in [6, 6.07) is 18.6. The van der Waals surface area contributed by atoms with Crippen molar-refractivity contribution >= 4 is 40.3 Å². The molecule has 104 valence electrons. The average Bonchev–Trinajstić information content (AvgIpc) is 2.80. The molecule has 2 aromatic carbocycles. The van der Waals surface area contributed by atoms with Crippen LogP contribution in [0.25, 0.3) is 6.08 Å². The molecule has 2 nitrogen and oxygen atoms in total. The normalized spacial score (nSPS) is 16.3. The Kier molecular flexibility index (Phi) is 4.18. The van der Waals surface area contributed by atoms with Gasteiger partial charge in [0.1, 0.15) is 4.32 Å². The molecule has 1 aliphatic heterocycles. The van der Waals surface area contributed by atoms with Gasteiger partial charge in [0.2, 0.25) is 0 Å². The minimum absolute atomic E-state index is 0.113. The van der Waals surface area contributed by atoms with E-state index < -0.39 is 0 Å². The molecule has 1 fully saturated rings. The molecule has 0 bridgehead atoms. The van der Waals surface area contributed by atoms with Crippen LogP contribution in [0.5, 0.6) is 0 Å². The SMILES string of the molecule is O=C1NC(=S)S/C1=C/c1ccc(Cc2ccccc2)cc1. The number of thiocarbonyl (C=S) groups is 1. The summed E-state index contributed by atoms with van der Waals surface area (Å²) in [7, 11) is 0. The molecule has 1 saturated heterocycles. The third kappa shape index (κ3) is 3.60. The van der Waals surface area contributed by atoms with Crippen molar-refractivity contribution < 1.29 is 4.79 Å². The Bertz CT molecular complexity index is 705. The number of amides is 1. The fraction of sp³-hybridized carbons (Fsp3) is 0.0588. The summed E-state index contributed by atoms with van der Waals surface area (Å²) in [5, 5.41) is 2.62. The third-order valence-corrected chi connectivity index (χ3v) is 4.33. The lowest BCUT2D eigenvalue weighted by molar-refractivity contribution is -0.115. The zero-order chi connectivity index (χ0) is 14.7. The standard InChI is InChI=1S/C17H13NOS2/c19-16-15(21-17(20)18-16)11-14-8-6-13(7-9-14)10-12-4-2-1-3-5-12/h1-9,11H,10H2,(H,18,19,20)/b15-11+. The summed E-state index contributed by atoms with van der Waals surface area (Å²) in [5.41, 5.74) is 3.55. The van der Waals surface area contributed by atoms with Crippen molar-refractivity contribution in [3.8, 4) is 0 Å². The van der Waals surface area contributed by atoms with Crippen molar-refractivity contribution in [3.05, 3.63) is 76.2 Å². The lowest BCUT2D eigenvalue weighted by atomic mass is 10.0. The van der Waals surface area contributed by atoms with E-state index in [1.54, 1.807) is 0 Å². The van der Waals surface area contributed by atoms with E-state index in [4.69, 9.17) is 12.2 Å². The predicted octanol–water partition coefficient (Wildman–Crippen LogP) is 3.77. The van der Waals surface area contributed by atoms with E-state index in [0.717, 1.165) is 12.0 Å². The number of nitrogens with one attached hydrogen (secondary N) is 1. The zero-order valence-electron chi connectivity index (χ0n) is 11.2. The number of thioether (sulfide) groups is 1. The van der Waals surface area contributed by atoms with Crippen LogP contribution in [-0.2, 0) is 11.2 Å². The molecular formula is C17H13NOS2. The van der Waals surface area contributed by atoms with Crippen LogP contribution in [-0.4, -0.2) is 10.2 Å². The minimum atomic E-state index is -0.113. The molecule has 0 aliphatic carbocycles. The number of rotatable bonds is 3. The molecule has 21 heavy (non-hydrogen) atoms. The van der Waals surface area contributed by atoms with Crippen LogP contribution in [0.3, 0.4) is 0 Å². The molecule has 0 unspecified atom stereocenters. The van der Waals surface area contributed by atoms with Gasteiger partial charge in [-0.1, -0.05) is 78.6 Å². The summed E-state index contributed by atoms with van der Waals surface area (Å²) < 4.78 is 0.520. The van der Waals surface area contributed by atoms with Gasteiger partial charge in [-0.15, -0.1) is 0 Å². The summed E-state index contributed by atoms with van der Waals surface area (Å²) in [6.45, 7) is 0. The molecule has 0 spiro atoms. The van der Waals surface area contributed by atoms with Gasteiger partial charge in [0.25, 0.3) is 5.91 Å². The molecule has 2 aromatic rings. The van der Waals surface area contributed by atoms with E-state index in [9.17, 15) is 4.79 Å². The number of benzene rings is 2. The fourth-order valence-corrected chi connectivity index (χ4v) is 3.18. The van der Waals surface area contributed by atoms with E-state index >= 15 is 0 Å². The van der Waals surface area contributed by atoms with Gasteiger partial charge in [-0.2, -0.15) is 0 Å². The van der Waals surface area contributed by atoms with E-state index in [2.05, 4.69) is 29.6 Å². The molecule has 1 aliphatic rings. The molecular weight excluding hydrogens is 298 g/mol. The molecule has 0 saturated carbocycles. The highest BCUT2D eigenvalue weighted by Crippen LogP contribution is 2.26. The van der Waals surface area contributed by atoms with Crippen molar-refractivity contribution in [1.29, 1.82) is 0 Å². The van der Waals surface area contributed by atoms with Gasteiger partial charge in [-0.3, -0.25) is 4.79 Å². The first-order valence-electron chi connectivity index (χ1n) is 6.58. The summed E-state index contributed by atoms with van der Waals surface area (Å²) in [5.74, 6) is -0.113. The highest BCUT2D eigenvalue weighted by molar-refractivity contribution is 8.26. The smallest absolute Gasteiger partial charge is 0.263 e. The van der Waals surface area contributed by atoms with Crippen molar-refractivity contribution in [2.75, 3.05) is 0 Å². The predicted molar refractivity (Wildman–Crippen MR) is 92.0 cm³/mol. The fourth-order valence-electron chi connectivity index (χ4n) is 2.14. The average molecular weight is 311 g/mol. The first kappa shape index (κ1) is 14.0. The maximum atomic E-state index is 11.6. The summed E-state index contributed by atoms with van der Waals surface area (Å²) in [6.07, 6.45) is 2.78. The Hall–Kier alpha value is -1.91. The quantitative estimate of drug-likeness (QED) is 0.691. The Morgan fingerprint density at radius 1 is 1.00 bits per heavy atom. The van der Waals surface area contributed by atoms with E-state index in [-0.39, 0.29) is 5.91 Å². The summed E-state index contributed by atoms with van der Waals surface area (Å²) in [4.78, 5) is 12.3. The monoisotopic (exact) mass is 311 g/mol. The largest absolute Gasteiger partial charge is 0.307 e. The Morgan fingerprint density at radius 2 is 1.67 bits per heavy atom. The van der Waals surface area contributed by atoms with Crippen molar-refractivity contribution in [2.45, 2.75) is 6.42 Å². The van der Waals surface area contributed by atoms with Gasteiger partial charge in [0.05, 0.1) is 4.91 Å². The molecule has 1 N–H and O–H groups in total. The number of hydrogen-bond acceptors (Lipinski definition) is 3. The van der Waals surface area contributed by atoms with Gasteiger partial charge >= 0.3 is 0 Å². The lowest BCUT2D eigenvalue weighted by Crippen LogP contribution is -2.17. The van der Waals surface area contributed by atoms with Crippen LogP contribution >= 0.6 is 24.0 Å². The van der Waals surface area contributed by atoms with Crippen LogP contribution in [0.4, 0.5) is 0 Å². The maximum absolute atomic E-state index is 11.6. The van der Waals surface area contributed by atoms with Gasteiger partial charge in [0, 0.05) is 0 Å². The molecule has 0 atom stereocenters. The Morgan fingerprint density at radius 3 is 2.29 bits per heavy atom. The van der Waals surface area contributed by atoms with E-state index in [1.165, 1.54) is 22.9 Å². The Balaban J connectivity index is 1.74. The van der Waals surface area contributed by atoms with Gasteiger partial charge < -0.3 is 5.32 Å². The first-order valence-corrected chi connectivity index (χ1v) is 7.81. The number of hydrogen-bond donors (Lipinski definition) is 1. The Labute approximate surface area is 133 Å². The number of carbonyl (C=O) groups is 1. The molecule has 0 aromatic heterocycles. The molecule has 3 rings (SSSR count). The van der Waals surface area contributed by atoms with Gasteiger partial charge in [0.15, 0.2) is 0 Å². The molecule has 0 radical (unpaired) electrons. The van der Waals surface area contributed by atoms with Gasteiger partial charge in [-0.25, -0.2) is 0 Å². The highest BCUT2D eigenvalue weighted by atomic mass is 32.2. The second-order valence-electron chi connectivity index (χ2n) is 4.76. The zero-order valence-corrected chi connectivity index (χ0v) is 12.8. The van der Waals surface area contributed by atoms with E-state index in [1.807, 2.05) is 36.4 Å². The third-order valence-electron chi connectivity index (χ3n) is 3.17. The van der Waals surface area contributed by atoms with Crippen molar-refractivity contribution in [3.63, 3.8) is 0 Å². The topological polar surface area (TPSA) is 29.1 Å². The van der Waals surface area contributed by atoms with Crippen LogP contribution in [0.2, 0.25) is 0 Å². The molecule has 1 heterocycles. The van der Waals surface area contributed by atoms with Crippen LogP contribution in [0, 0.1) is 0 Å². The minimum Gasteiger partial charge on any atom is -0.307 e. The maximum Gasteiger partial charge on any atom is 0.263 e. The van der Waals surface area contributed by atoms with Crippen molar-refractivity contribution in [1.82, 2.24) is 5.32 Å². The molecule has 1 amide bonds. The van der Waals surface area contributed by atoms with Crippen LogP contribution < -0.4 is 5.32 Å². The second-order valence-corrected chi connectivity index (χ2v) is 6.48. The van der Waals surface area contributed by atoms with Crippen LogP contribution in [0.15, 0.2) is 59.5 Å².